The number of hydrogen-bond donors (Lipinski definition) is 2. The molecule has 1 fully saturated rings. The molecule has 1 aliphatic carbocycles. The fourth-order valence-corrected chi connectivity index (χ4v) is 2.96. The fraction of sp³-hybridized carbons (Fsp3) is 0.765. The van der Waals surface area contributed by atoms with E-state index in [1.807, 2.05) is 7.05 Å². The van der Waals surface area contributed by atoms with Crippen LogP contribution in [0.5, 0.6) is 0 Å². The first kappa shape index (κ1) is 16.1. The number of nitrogens with zero attached hydrogens (tertiary/aromatic N) is 2. The van der Waals surface area contributed by atoms with Gasteiger partial charge in [-0.1, -0.05) is 46.5 Å². The molecule has 0 spiro atoms. The molecule has 1 aromatic heterocycles. The van der Waals surface area contributed by atoms with Crippen LogP contribution < -0.4 is 10.6 Å². The van der Waals surface area contributed by atoms with Gasteiger partial charge in [0.1, 0.15) is 17.5 Å². The van der Waals surface area contributed by atoms with Crippen LogP contribution in [-0.4, -0.2) is 23.6 Å². The summed E-state index contributed by atoms with van der Waals surface area (Å²) in [6.45, 7) is 9.55. The summed E-state index contributed by atoms with van der Waals surface area (Å²) in [5.74, 6) is 3.71. The topological polar surface area (TPSA) is 49.8 Å². The summed E-state index contributed by atoms with van der Waals surface area (Å²) >= 11 is 0. The summed E-state index contributed by atoms with van der Waals surface area (Å²) in [6.07, 6.45) is 6.88. The smallest absolute Gasteiger partial charge is 0.138 e. The van der Waals surface area contributed by atoms with Crippen molar-refractivity contribution < 1.29 is 0 Å². The maximum Gasteiger partial charge on any atom is 0.138 e. The largest absolute Gasteiger partial charge is 0.373 e. The van der Waals surface area contributed by atoms with E-state index in [2.05, 4.69) is 43.3 Å². The van der Waals surface area contributed by atoms with Gasteiger partial charge in [-0.2, -0.15) is 0 Å². The van der Waals surface area contributed by atoms with Crippen molar-refractivity contribution in [2.24, 2.45) is 5.92 Å². The lowest BCUT2D eigenvalue weighted by atomic mass is 9.95. The molecule has 4 heteroatoms. The Bertz CT molecular complexity index is 470. The van der Waals surface area contributed by atoms with Crippen LogP contribution in [0, 0.1) is 12.8 Å². The lowest BCUT2D eigenvalue weighted by molar-refractivity contribution is 0.517. The van der Waals surface area contributed by atoms with Gasteiger partial charge in [0.25, 0.3) is 0 Å². The zero-order valence-corrected chi connectivity index (χ0v) is 14.2. The van der Waals surface area contributed by atoms with E-state index in [9.17, 15) is 0 Å². The van der Waals surface area contributed by atoms with Crippen molar-refractivity contribution >= 4 is 11.6 Å². The molecule has 0 saturated heterocycles. The van der Waals surface area contributed by atoms with Crippen molar-refractivity contribution in [1.29, 1.82) is 0 Å². The summed E-state index contributed by atoms with van der Waals surface area (Å²) in [6, 6.07) is 0. The molecule has 118 valence electrons. The quantitative estimate of drug-likeness (QED) is 0.856. The Balaban J connectivity index is 2.09. The minimum atomic E-state index is -0.0405. The van der Waals surface area contributed by atoms with Gasteiger partial charge in [-0.25, -0.2) is 9.97 Å². The van der Waals surface area contributed by atoms with Crippen LogP contribution >= 0.6 is 0 Å². The number of anilines is 2. The van der Waals surface area contributed by atoms with Crippen LogP contribution in [0.2, 0.25) is 0 Å². The van der Waals surface area contributed by atoms with E-state index in [1.54, 1.807) is 0 Å². The Morgan fingerprint density at radius 1 is 1.10 bits per heavy atom. The number of hydrogen-bond acceptors (Lipinski definition) is 4. The Hall–Kier alpha value is -1.32. The first-order chi connectivity index (χ1) is 9.91. The van der Waals surface area contributed by atoms with Crippen molar-refractivity contribution in [2.75, 3.05) is 24.2 Å². The maximum absolute atomic E-state index is 4.75. The van der Waals surface area contributed by atoms with Crippen LogP contribution in [0.25, 0.3) is 0 Å². The molecule has 21 heavy (non-hydrogen) atoms. The van der Waals surface area contributed by atoms with Crippen molar-refractivity contribution in [3.05, 3.63) is 11.4 Å². The fourth-order valence-electron chi connectivity index (χ4n) is 2.96. The van der Waals surface area contributed by atoms with E-state index < -0.39 is 0 Å². The standard InChI is InChI=1S/C17H30N4/c1-12-14(18-5)20-16(17(2,3)4)21-15(12)19-11-10-13-8-6-7-9-13/h13H,6-11H2,1-5H3,(H2,18,19,20,21). The van der Waals surface area contributed by atoms with E-state index in [-0.39, 0.29) is 5.41 Å². The Labute approximate surface area is 129 Å². The molecule has 0 aliphatic heterocycles. The predicted octanol–water partition coefficient (Wildman–Crippen LogP) is 4.12. The van der Waals surface area contributed by atoms with E-state index in [0.29, 0.717) is 0 Å². The Kier molecular flexibility index (Phi) is 5.07. The third-order valence-corrected chi connectivity index (χ3v) is 4.37. The summed E-state index contributed by atoms with van der Waals surface area (Å²) < 4.78 is 0. The van der Waals surface area contributed by atoms with Gasteiger partial charge in [-0.15, -0.1) is 0 Å². The van der Waals surface area contributed by atoms with E-state index in [4.69, 9.17) is 4.98 Å². The average Bonchev–Trinajstić information content (AvgIpc) is 2.92. The number of nitrogens with one attached hydrogen (secondary N) is 2. The van der Waals surface area contributed by atoms with Gasteiger partial charge < -0.3 is 10.6 Å². The molecule has 4 nitrogen and oxygen atoms in total. The van der Waals surface area contributed by atoms with Crippen LogP contribution in [0.15, 0.2) is 0 Å². The predicted molar refractivity (Wildman–Crippen MR) is 90.1 cm³/mol. The SMILES string of the molecule is CNc1nc(C(C)(C)C)nc(NCCC2CCCC2)c1C. The second-order valence-corrected chi connectivity index (χ2v) is 7.24. The van der Waals surface area contributed by atoms with Crippen LogP contribution in [0.1, 0.15) is 64.3 Å². The summed E-state index contributed by atoms with van der Waals surface area (Å²) in [5.41, 5.74) is 1.07. The molecule has 2 N–H and O–H groups in total. The van der Waals surface area contributed by atoms with Gasteiger partial charge in [0.05, 0.1) is 0 Å². The number of rotatable bonds is 5. The zero-order chi connectivity index (χ0) is 15.5. The molecule has 1 aromatic rings. The second kappa shape index (κ2) is 6.63. The molecule has 0 bridgehead atoms. The molecule has 1 heterocycles. The molecule has 1 aliphatic rings. The molecule has 0 amide bonds. The summed E-state index contributed by atoms with van der Waals surface area (Å²) in [5, 5.41) is 6.72. The summed E-state index contributed by atoms with van der Waals surface area (Å²) in [4.78, 5) is 9.40. The van der Waals surface area contributed by atoms with Gasteiger partial charge in [0, 0.05) is 24.6 Å². The average molecular weight is 290 g/mol. The Morgan fingerprint density at radius 2 is 1.71 bits per heavy atom. The van der Waals surface area contributed by atoms with Gasteiger partial charge >= 0.3 is 0 Å². The highest BCUT2D eigenvalue weighted by Crippen LogP contribution is 2.29. The van der Waals surface area contributed by atoms with Crippen LogP contribution in [0.4, 0.5) is 11.6 Å². The second-order valence-electron chi connectivity index (χ2n) is 7.24. The van der Waals surface area contributed by atoms with Crippen LogP contribution in [-0.2, 0) is 5.41 Å². The molecule has 2 rings (SSSR count). The first-order valence-electron chi connectivity index (χ1n) is 8.22. The molecule has 0 atom stereocenters. The van der Waals surface area contributed by atoms with Crippen molar-refractivity contribution in [2.45, 2.75) is 65.2 Å². The highest BCUT2D eigenvalue weighted by Gasteiger charge is 2.21. The lowest BCUT2D eigenvalue weighted by Gasteiger charge is -2.21. The van der Waals surface area contributed by atoms with Crippen LogP contribution in [0.3, 0.4) is 0 Å². The molecule has 0 unspecified atom stereocenters. The van der Waals surface area contributed by atoms with Crippen molar-refractivity contribution in [3.8, 4) is 0 Å². The molecular weight excluding hydrogens is 260 g/mol. The zero-order valence-electron chi connectivity index (χ0n) is 14.2. The van der Waals surface area contributed by atoms with Crippen molar-refractivity contribution in [1.82, 2.24) is 9.97 Å². The summed E-state index contributed by atoms with van der Waals surface area (Å²) in [7, 11) is 1.92. The van der Waals surface area contributed by atoms with E-state index in [0.717, 1.165) is 35.5 Å². The highest BCUT2D eigenvalue weighted by molar-refractivity contribution is 5.57. The highest BCUT2D eigenvalue weighted by atomic mass is 15.1. The Morgan fingerprint density at radius 3 is 2.29 bits per heavy atom. The van der Waals surface area contributed by atoms with Gasteiger partial charge in [0.15, 0.2) is 0 Å². The van der Waals surface area contributed by atoms with E-state index >= 15 is 0 Å². The number of aromatic nitrogens is 2. The third-order valence-electron chi connectivity index (χ3n) is 4.37. The van der Waals surface area contributed by atoms with Gasteiger partial charge in [-0.05, 0) is 19.3 Å². The van der Waals surface area contributed by atoms with Gasteiger partial charge in [-0.3, -0.25) is 0 Å². The lowest BCUT2D eigenvalue weighted by Crippen LogP contribution is -2.20. The minimum absolute atomic E-state index is 0.0405. The molecule has 0 aromatic carbocycles. The first-order valence-corrected chi connectivity index (χ1v) is 8.22. The van der Waals surface area contributed by atoms with Crippen molar-refractivity contribution in [3.63, 3.8) is 0 Å². The third kappa shape index (κ3) is 4.08. The minimum Gasteiger partial charge on any atom is -0.373 e. The normalized spacial score (nSPS) is 16.2. The monoisotopic (exact) mass is 290 g/mol. The molecule has 0 radical (unpaired) electrons. The maximum atomic E-state index is 4.75. The van der Waals surface area contributed by atoms with E-state index in [1.165, 1.54) is 32.1 Å². The molecule has 1 saturated carbocycles. The van der Waals surface area contributed by atoms with Gasteiger partial charge in [0.2, 0.25) is 0 Å². The molecular formula is C17H30N4.